The summed E-state index contributed by atoms with van der Waals surface area (Å²) in [5.74, 6) is 1.96. The van der Waals surface area contributed by atoms with E-state index in [-0.39, 0.29) is 18.5 Å². The number of nitrogen functional groups attached to an aromatic ring is 2. The summed E-state index contributed by atoms with van der Waals surface area (Å²) in [7, 11) is 0. The van der Waals surface area contributed by atoms with Crippen molar-refractivity contribution in [1.29, 1.82) is 0 Å². The van der Waals surface area contributed by atoms with Gasteiger partial charge in [0.1, 0.15) is 24.7 Å². The van der Waals surface area contributed by atoms with Crippen LogP contribution in [0.1, 0.15) is 11.4 Å². The summed E-state index contributed by atoms with van der Waals surface area (Å²) in [6, 6.07) is 17.3. The summed E-state index contributed by atoms with van der Waals surface area (Å²) in [6.07, 6.45) is 0. The van der Waals surface area contributed by atoms with Crippen LogP contribution in [0.15, 0.2) is 54.6 Å². The molecule has 0 radical (unpaired) electrons. The summed E-state index contributed by atoms with van der Waals surface area (Å²) in [5, 5.41) is 0. The highest BCUT2D eigenvalue weighted by Crippen LogP contribution is 2.19. The minimum absolute atomic E-state index is 0.0748. The lowest BCUT2D eigenvalue weighted by Crippen LogP contribution is -2.09. The van der Waals surface area contributed by atoms with Gasteiger partial charge in [0.2, 0.25) is 11.9 Å². The molecule has 0 atom stereocenters. The van der Waals surface area contributed by atoms with E-state index in [1.165, 1.54) is 0 Å². The molecule has 7 nitrogen and oxygen atoms in total. The molecule has 122 valence electrons. The van der Waals surface area contributed by atoms with Gasteiger partial charge in [-0.15, -0.1) is 0 Å². The van der Waals surface area contributed by atoms with Crippen molar-refractivity contribution in [2.75, 3.05) is 11.5 Å². The van der Waals surface area contributed by atoms with Gasteiger partial charge in [-0.05, 0) is 29.8 Å². The fourth-order valence-corrected chi connectivity index (χ4v) is 2.04. The number of anilines is 2. The number of ether oxygens (including phenoxy) is 2. The van der Waals surface area contributed by atoms with Gasteiger partial charge in [0.25, 0.3) is 0 Å². The van der Waals surface area contributed by atoms with Gasteiger partial charge in [-0.2, -0.15) is 15.0 Å². The summed E-state index contributed by atoms with van der Waals surface area (Å²) in [4.78, 5) is 11.6. The second-order valence-electron chi connectivity index (χ2n) is 5.00. The number of aromatic nitrogens is 3. The third kappa shape index (κ3) is 4.33. The molecule has 0 aliphatic rings. The SMILES string of the molecule is Nc1nc(N)nc(COc2ccc(OCc3ccccc3)cc2)n1. The highest BCUT2D eigenvalue weighted by atomic mass is 16.5. The summed E-state index contributed by atoms with van der Waals surface area (Å²) >= 11 is 0. The number of nitrogens with zero attached hydrogens (tertiary/aromatic N) is 3. The topological polar surface area (TPSA) is 109 Å². The Morgan fingerprint density at radius 2 is 1.21 bits per heavy atom. The monoisotopic (exact) mass is 323 g/mol. The van der Waals surface area contributed by atoms with E-state index in [9.17, 15) is 0 Å². The molecule has 0 amide bonds. The van der Waals surface area contributed by atoms with Crippen molar-refractivity contribution >= 4 is 11.9 Å². The molecule has 3 rings (SSSR count). The molecule has 1 heterocycles. The maximum Gasteiger partial charge on any atom is 0.225 e. The van der Waals surface area contributed by atoms with E-state index in [2.05, 4.69) is 15.0 Å². The van der Waals surface area contributed by atoms with Crippen LogP contribution in [-0.4, -0.2) is 15.0 Å². The minimum atomic E-state index is 0.0748. The van der Waals surface area contributed by atoms with Gasteiger partial charge in [0, 0.05) is 0 Å². The van der Waals surface area contributed by atoms with Gasteiger partial charge < -0.3 is 20.9 Å². The van der Waals surface area contributed by atoms with Crippen LogP contribution in [0, 0.1) is 0 Å². The summed E-state index contributed by atoms with van der Waals surface area (Å²) in [6.45, 7) is 0.672. The van der Waals surface area contributed by atoms with Crippen molar-refractivity contribution in [3.8, 4) is 11.5 Å². The van der Waals surface area contributed by atoms with Crippen LogP contribution in [0.4, 0.5) is 11.9 Å². The Morgan fingerprint density at radius 1 is 0.667 bits per heavy atom. The summed E-state index contributed by atoms with van der Waals surface area (Å²) in [5.41, 5.74) is 12.1. The van der Waals surface area contributed by atoms with E-state index >= 15 is 0 Å². The Kier molecular flexibility index (Phi) is 4.71. The fraction of sp³-hybridized carbons (Fsp3) is 0.118. The average molecular weight is 323 g/mol. The van der Waals surface area contributed by atoms with E-state index < -0.39 is 0 Å². The first kappa shape index (κ1) is 15.5. The van der Waals surface area contributed by atoms with Gasteiger partial charge in [0.15, 0.2) is 5.82 Å². The molecule has 0 saturated heterocycles. The second-order valence-corrected chi connectivity index (χ2v) is 5.00. The van der Waals surface area contributed by atoms with Crippen molar-refractivity contribution in [1.82, 2.24) is 15.0 Å². The van der Waals surface area contributed by atoms with Crippen LogP contribution in [0.5, 0.6) is 11.5 Å². The zero-order valence-corrected chi connectivity index (χ0v) is 12.9. The van der Waals surface area contributed by atoms with Crippen LogP contribution in [0.3, 0.4) is 0 Å². The Balaban J connectivity index is 1.54. The van der Waals surface area contributed by atoms with Crippen molar-refractivity contribution in [2.24, 2.45) is 0 Å². The zero-order chi connectivity index (χ0) is 16.8. The van der Waals surface area contributed by atoms with Crippen molar-refractivity contribution in [3.05, 3.63) is 66.0 Å². The Labute approximate surface area is 139 Å². The average Bonchev–Trinajstić information content (AvgIpc) is 2.59. The van der Waals surface area contributed by atoms with E-state index in [0.717, 1.165) is 11.3 Å². The number of rotatable bonds is 6. The van der Waals surface area contributed by atoms with Gasteiger partial charge in [-0.3, -0.25) is 0 Å². The molecule has 0 unspecified atom stereocenters. The number of hydrogen-bond donors (Lipinski definition) is 2. The third-order valence-electron chi connectivity index (χ3n) is 3.16. The minimum Gasteiger partial charge on any atom is -0.489 e. The predicted octanol–water partition coefficient (Wildman–Crippen LogP) is 2.19. The largest absolute Gasteiger partial charge is 0.489 e. The fourth-order valence-electron chi connectivity index (χ4n) is 2.04. The van der Waals surface area contributed by atoms with Crippen LogP contribution in [0.25, 0.3) is 0 Å². The number of hydrogen-bond acceptors (Lipinski definition) is 7. The third-order valence-corrected chi connectivity index (χ3v) is 3.16. The normalized spacial score (nSPS) is 10.3. The number of nitrogens with two attached hydrogens (primary N) is 2. The highest BCUT2D eigenvalue weighted by molar-refractivity contribution is 5.32. The first-order chi connectivity index (χ1) is 11.7. The predicted molar refractivity (Wildman–Crippen MR) is 90.2 cm³/mol. The van der Waals surface area contributed by atoms with E-state index in [4.69, 9.17) is 20.9 Å². The lowest BCUT2D eigenvalue weighted by atomic mass is 10.2. The van der Waals surface area contributed by atoms with Crippen LogP contribution < -0.4 is 20.9 Å². The van der Waals surface area contributed by atoms with E-state index in [0.29, 0.717) is 18.2 Å². The number of benzene rings is 2. The van der Waals surface area contributed by atoms with Gasteiger partial charge >= 0.3 is 0 Å². The molecule has 2 aromatic carbocycles. The Bertz CT molecular complexity index is 774. The standard InChI is InChI=1S/C17H17N5O2/c18-16-20-15(21-17(19)22-16)11-24-14-8-6-13(7-9-14)23-10-12-4-2-1-3-5-12/h1-9H,10-11H2,(H4,18,19,20,21,22). The molecule has 7 heteroatoms. The zero-order valence-electron chi connectivity index (χ0n) is 12.9. The molecule has 4 N–H and O–H groups in total. The van der Waals surface area contributed by atoms with Crippen molar-refractivity contribution < 1.29 is 9.47 Å². The van der Waals surface area contributed by atoms with Crippen LogP contribution in [-0.2, 0) is 13.2 Å². The highest BCUT2D eigenvalue weighted by Gasteiger charge is 2.03. The van der Waals surface area contributed by atoms with E-state index in [1.807, 2.05) is 54.6 Å². The molecule has 0 fully saturated rings. The van der Waals surface area contributed by atoms with Crippen LogP contribution >= 0.6 is 0 Å². The molecule has 0 aliphatic heterocycles. The van der Waals surface area contributed by atoms with Crippen molar-refractivity contribution in [3.63, 3.8) is 0 Å². The van der Waals surface area contributed by atoms with Crippen molar-refractivity contribution in [2.45, 2.75) is 13.2 Å². The molecule has 0 spiro atoms. The summed E-state index contributed by atoms with van der Waals surface area (Å²) < 4.78 is 11.3. The Morgan fingerprint density at radius 3 is 1.79 bits per heavy atom. The lowest BCUT2D eigenvalue weighted by molar-refractivity contribution is 0.291. The quantitative estimate of drug-likeness (QED) is 0.715. The first-order valence-electron chi connectivity index (χ1n) is 7.34. The molecule has 0 saturated carbocycles. The molecule has 24 heavy (non-hydrogen) atoms. The maximum absolute atomic E-state index is 5.72. The molecule has 0 aliphatic carbocycles. The van der Waals surface area contributed by atoms with E-state index in [1.54, 1.807) is 0 Å². The molecule has 3 aromatic rings. The maximum atomic E-state index is 5.72. The molecule has 0 bridgehead atoms. The molecule has 1 aromatic heterocycles. The molecular weight excluding hydrogens is 306 g/mol. The second kappa shape index (κ2) is 7.28. The Hall–Kier alpha value is -3.35. The molecular formula is C17H17N5O2. The van der Waals surface area contributed by atoms with Gasteiger partial charge in [0.05, 0.1) is 0 Å². The first-order valence-corrected chi connectivity index (χ1v) is 7.34. The smallest absolute Gasteiger partial charge is 0.225 e. The van der Waals surface area contributed by atoms with Gasteiger partial charge in [-0.1, -0.05) is 30.3 Å². The van der Waals surface area contributed by atoms with Crippen LogP contribution in [0.2, 0.25) is 0 Å². The lowest BCUT2D eigenvalue weighted by Gasteiger charge is -2.08. The van der Waals surface area contributed by atoms with Gasteiger partial charge in [-0.25, -0.2) is 0 Å².